The number of nitrogens with one attached hydrogen (secondary N) is 1. The summed E-state index contributed by atoms with van der Waals surface area (Å²) in [7, 11) is 1.47. The number of aromatic amines is 1. The number of hydrogen-bond donors (Lipinski definition) is 1. The molecule has 1 N–H and O–H groups in total. The van der Waals surface area contributed by atoms with Crippen LogP contribution in [0.5, 0.6) is 5.75 Å². The van der Waals surface area contributed by atoms with Crippen molar-refractivity contribution < 1.29 is 17.9 Å². The van der Waals surface area contributed by atoms with E-state index >= 15 is 0 Å². The maximum Gasteiger partial charge on any atom is 0.416 e. The van der Waals surface area contributed by atoms with Crippen LogP contribution in [0.2, 0.25) is 0 Å². The summed E-state index contributed by atoms with van der Waals surface area (Å²) in [6.45, 7) is 0. The Morgan fingerprint density at radius 1 is 1.13 bits per heavy atom. The van der Waals surface area contributed by atoms with Crippen LogP contribution in [-0.2, 0) is 6.18 Å². The average molecular weight is 320 g/mol. The van der Waals surface area contributed by atoms with E-state index in [1.807, 2.05) is 0 Å². The molecule has 3 rings (SSSR count). The first-order chi connectivity index (χ1) is 10.9. The van der Waals surface area contributed by atoms with E-state index in [0.29, 0.717) is 16.7 Å². The number of halogens is 3. The molecule has 0 fully saturated rings. The number of H-pyrrole nitrogens is 1. The van der Waals surface area contributed by atoms with Crippen molar-refractivity contribution in [3.05, 3.63) is 58.4 Å². The highest BCUT2D eigenvalue weighted by atomic mass is 19.4. The Kier molecular flexibility index (Phi) is 3.55. The number of ether oxygens (including phenoxy) is 1. The molecule has 1 heterocycles. The van der Waals surface area contributed by atoms with Crippen molar-refractivity contribution in [3.63, 3.8) is 0 Å². The van der Waals surface area contributed by atoms with Crippen LogP contribution in [0.3, 0.4) is 0 Å². The summed E-state index contributed by atoms with van der Waals surface area (Å²) < 4.78 is 43.4. The molecule has 0 aliphatic heterocycles. The second-order valence-electron chi connectivity index (χ2n) is 4.88. The van der Waals surface area contributed by atoms with Crippen LogP contribution in [-0.4, -0.2) is 17.1 Å². The molecule has 0 aliphatic carbocycles. The Labute approximate surface area is 128 Å². The van der Waals surface area contributed by atoms with Crippen LogP contribution in [0.4, 0.5) is 13.2 Å². The summed E-state index contributed by atoms with van der Waals surface area (Å²) in [6, 6.07) is 9.39. The molecule has 2 aromatic carbocycles. The van der Waals surface area contributed by atoms with Gasteiger partial charge in [0.25, 0.3) is 5.56 Å². The fourth-order valence-corrected chi connectivity index (χ4v) is 2.22. The molecular weight excluding hydrogens is 309 g/mol. The number of hydrogen-bond acceptors (Lipinski definition) is 3. The minimum absolute atomic E-state index is 0.0822. The van der Waals surface area contributed by atoms with Crippen molar-refractivity contribution in [2.45, 2.75) is 6.18 Å². The lowest BCUT2D eigenvalue weighted by Gasteiger charge is -2.09. The highest BCUT2D eigenvalue weighted by molar-refractivity contribution is 5.81. The average Bonchev–Trinajstić information content (AvgIpc) is 2.54. The van der Waals surface area contributed by atoms with Crippen molar-refractivity contribution in [3.8, 4) is 17.1 Å². The summed E-state index contributed by atoms with van der Waals surface area (Å²) >= 11 is 0. The van der Waals surface area contributed by atoms with Gasteiger partial charge >= 0.3 is 6.18 Å². The van der Waals surface area contributed by atoms with Crippen LogP contribution in [0.25, 0.3) is 22.3 Å². The largest absolute Gasteiger partial charge is 0.497 e. The second kappa shape index (κ2) is 5.42. The van der Waals surface area contributed by atoms with E-state index in [1.54, 1.807) is 12.1 Å². The molecular formula is C16H11F3N2O2. The Bertz CT molecular complexity index is 932. The summed E-state index contributed by atoms with van der Waals surface area (Å²) in [6.07, 6.45) is -4.46. The van der Waals surface area contributed by atoms with E-state index in [4.69, 9.17) is 4.74 Å². The molecule has 1 aromatic heterocycles. The Hall–Kier alpha value is -2.83. The number of fused-ring (bicyclic) bond motifs is 1. The fraction of sp³-hybridized carbons (Fsp3) is 0.125. The number of methoxy groups -OCH3 is 1. The molecule has 0 amide bonds. The molecule has 0 unspecified atom stereocenters. The van der Waals surface area contributed by atoms with E-state index in [0.717, 1.165) is 12.1 Å². The number of nitrogens with zero attached hydrogens (tertiary/aromatic N) is 1. The molecule has 0 atom stereocenters. The van der Waals surface area contributed by atoms with Gasteiger partial charge in [0.05, 0.1) is 23.6 Å². The Morgan fingerprint density at radius 2 is 1.91 bits per heavy atom. The summed E-state index contributed by atoms with van der Waals surface area (Å²) in [5.41, 5.74) is -0.676. The van der Waals surface area contributed by atoms with Crippen LogP contribution in [0, 0.1) is 0 Å². The molecule has 0 radical (unpaired) electrons. The van der Waals surface area contributed by atoms with E-state index < -0.39 is 17.3 Å². The first-order valence-corrected chi connectivity index (χ1v) is 6.64. The first kappa shape index (κ1) is 15.1. The van der Waals surface area contributed by atoms with Crippen LogP contribution in [0.1, 0.15) is 5.56 Å². The predicted octanol–water partition coefficient (Wildman–Crippen LogP) is 3.62. The molecule has 118 valence electrons. The molecule has 0 saturated heterocycles. The molecule has 0 saturated carbocycles. The molecule has 0 spiro atoms. The normalized spacial score (nSPS) is 11.7. The lowest BCUT2D eigenvalue weighted by Crippen LogP contribution is -2.10. The topological polar surface area (TPSA) is 55.0 Å². The summed E-state index contributed by atoms with van der Waals surface area (Å²) in [4.78, 5) is 18.9. The van der Waals surface area contributed by atoms with Crippen LogP contribution >= 0.6 is 0 Å². The zero-order chi connectivity index (χ0) is 16.6. The van der Waals surface area contributed by atoms with Crippen molar-refractivity contribution in [2.24, 2.45) is 0 Å². The van der Waals surface area contributed by atoms with Crippen molar-refractivity contribution in [2.75, 3.05) is 7.11 Å². The van der Waals surface area contributed by atoms with Crippen molar-refractivity contribution in [1.29, 1.82) is 0 Å². The molecule has 23 heavy (non-hydrogen) atoms. The monoisotopic (exact) mass is 320 g/mol. The lowest BCUT2D eigenvalue weighted by molar-refractivity contribution is -0.137. The van der Waals surface area contributed by atoms with Gasteiger partial charge in [0.15, 0.2) is 0 Å². The maximum atomic E-state index is 12.8. The van der Waals surface area contributed by atoms with Gasteiger partial charge in [0, 0.05) is 5.56 Å². The van der Waals surface area contributed by atoms with E-state index in [1.165, 1.54) is 25.3 Å². The lowest BCUT2D eigenvalue weighted by atomic mass is 10.1. The highest BCUT2D eigenvalue weighted by Gasteiger charge is 2.30. The van der Waals surface area contributed by atoms with Gasteiger partial charge in [-0.1, -0.05) is 12.1 Å². The summed E-state index contributed by atoms with van der Waals surface area (Å²) in [5.74, 6) is 0.579. The standard InChI is InChI=1S/C16H11F3N2O2/c1-23-11-5-6-13-12(8-11)15(22)21-14(20-13)9-3-2-4-10(7-9)16(17,18)19/h2-8H,1H3,(H,20,21,22). The second-order valence-corrected chi connectivity index (χ2v) is 4.88. The van der Waals surface area contributed by atoms with Crippen LogP contribution < -0.4 is 10.3 Å². The van der Waals surface area contributed by atoms with Gasteiger partial charge in [-0.2, -0.15) is 13.2 Å². The Balaban J connectivity index is 2.16. The zero-order valence-corrected chi connectivity index (χ0v) is 11.9. The third kappa shape index (κ3) is 2.90. The SMILES string of the molecule is COc1ccc2nc(-c3cccc(C(F)(F)F)c3)[nH]c(=O)c2c1. The minimum Gasteiger partial charge on any atom is -0.497 e. The van der Waals surface area contributed by atoms with Crippen LogP contribution in [0.15, 0.2) is 47.3 Å². The predicted molar refractivity (Wildman–Crippen MR) is 79.4 cm³/mol. The smallest absolute Gasteiger partial charge is 0.416 e. The van der Waals surface area contributed by atoms with Gasteiger partial charge in [0.2, 0.25) is 0 Å². The van der Waals surface area contributed by atoms with E-state index in [-0.39, 0.29) is 11.4 Å². The first-order valence-electron chi connectivity index (χ1n) is 6.64. The number of rotatable bonds is 2. The molecule has 4 nitrogen and oxygen atoms in total. The summed E-state index contributed by atoms with van der Waals surface area (Å²) in [5, 5.41) is 0.306. The van der Waals surface area contributed by atoms with E-state index in [2.05, 4.69) is 9.97 Å². The molecule has 3 aromatic rings. The number of alkyl halides is 3. The van der Waals surface area contributed by atoms with Crippen molar-refractivity contribution in [1.82, 2.24) is 9.97 Å². The van der Waals surface area contributed by atoms with Gasteiger partial charge in [-0.15, -0.1) is 0 Å². The third-order valence-electron chi connectivity index (χ3n) is 3.38. The zero-order valence-electron chi connectivity index (χ0n) is 11.9. The minimum atomic E-state index is -4.46. The molecule has 0 bridgehead atoms. The van der Waals surface area contributed by atoms with Gasteiger partial charge in [-0.3, -0.25) is 4.79 Å². The maximum absolute atomic E-state index is 12.8. The van der Waals surface area contributed by atoms with Crippen molar-refractivity contribution >= 4 is 10.9 Å². The van der Waals surface area contributed by atoms with Gasteiger partial charge in [-0.05, 0) is 30.3 Å². The molecule has 7 heteroatoms. The van der Waals surface area contributed by atoms with E-state index in [9.17, 15) is 18.0 Å². The Morgan fingerprint density at radius 3 is 2.61 bits per heavy atom. The number of aromatic nitrogens is 2. The highest BCUT2D eigenvalue weighted by Crippen LogP contribution is 2.31. The third-order valence-corrected chi connectivity index (χ3v) is 3.38. The quantitative estimate of drug-likeness (QED) is 0.784. The van der Waals surface area contributed by atoms with Gasteiger partial charge in [-0.25, -0.2) is 4.98 Å². The fourth-order valence-electron chi connectivity index (χ4n) is 2.22. The number of benzene rings is 2. The van der Waals surface area contributed by atoms with Gasteiger partial charge in [0.1, 0.15) is 11.6 Å². The molecule has 0 aliphatic rings. The van der Waals surface area contributed by atoms with Gasteiger partial charge < -0.3 is 9.72 Å².